The maximum atomic E-state index is 4.48. The van der Waals surface area contributed by atoms with E-state index in [9.17, 15) is 0 Å². The molecular weight excluding hydrogens is 316 g/mol. The molecule has 1 N–H and O–H groups in total. The summed E-state index contributed by atoms with van der Waals surface area (Å²) in [6, 6.07) is 10.2. The Labute approximate surface area is 126 Å². The maximum absolute atomic E-state index is 4.48. The van der Waals surface area contributed by atoms with Gasteiger partial charge in [-0.1, -0.05) is 28.1 Å². The highest BCUT2D eigenvalue weighted by Crippen LogP contribution is 2.24. The van der Waals surface area contributed by atoms with Gasteiger partial charge in [0.05, 0.1) is 12.1 Å². The lowest BCUT2D eigenvalue weighted by Crippen LogP contribution is -2.20. The van der Waals surface area contributed by atoms with Gasteiger partial charge in [-0.2, -0.15) is 5.10 Å². The van der Waals surface area contributed by atoms with E-state index >= 15 is 0 Å². The van der Waals surface area contributed by atoms with Gasteiger partial charge in [-0.15, -0.1) is 0 Å². The van der Waals surface area contributed by atoms with E-state index in [4.69, 9.17) is 0 Å². The minimum atomic E-state index is 0.808. The van der Waals surface area contributed by atoms with Crippen molar-refractivity contribution in [3.05, 3.63) is 59.0 Å². The minimum Gasteiger partial charge on any atom is -0.311 e. The van der Waals surface area contributed by atoms with E-state index in [1.165, 1.54) is 5.56 Å². The summed E-state index contributed by atoms with van der Waals surface area (Å²) in [4.78, 5) is 4.48. The van der Waals surface area contributed by atoms with Crippen LogP contribution in [0.3, 0.4) is 0 Å². The lowest BCUT2D eigenvalue weighted by atomic mass is 10.1. The van der Waals surface area contributed by atoms with E-state index in [1.807, 2.05) is 29.2 Å². The van der Waals surface area contributed by atoms with Crippen molar-refractivity contribution in [2.45, 2.75) is 13.1 Å². The van der Waals surface area contributed by atoms with Crippen LogP contribution in [-0.2, 0) is 13.1 Å². The molecule has 0 radical (unpaired) electrons. The second kappa shape index (κ2) is 6.15. The summed E-state index contributed by atoms with van der Waals surface area (Å²) in [5.74, 6) is 0. The first-order valence-electron chi connectivity index (χ1n) is 6.55. The van der Waals surface area contributed by atoms with Crippen molar-refractivity contribution in [2.24, 2.45) is 0 Å². The Morgan fingerprint density at radius 3 is 2.95 bits per heavy atom. The van der Waals surface area contributed by atoms with Gasteiger partial charge < -0.3 is 5.32 Å². The third kappa shape index (κ3) is 2.89. The Hall–Kier alpha value is -1.72. The van der Waals surface area contributed by atoms with Crippen LogP contribution in [0.25, 0.3) is 10.9 Å². The molecule has 0 spiro atoms. The number of pyridine rings is 1. The van der Waals surface area contributed by atoms with Crippen molar-refractivity contribution < 1.29 is 0 Å². The largest absolute Gasteiger partial charge is 0.311 e. The zero-order valence-corrected chi connectivity index (χ0v) is 12.5. The van der Waals surface area contributed by atoms with Crippen molar-refractivity contribution in [1.29, 1.82) is 0 Å². The highest BCUT2D eigenvalue weighted by molar-refractivity contribution is 9.10. The molecule has 0 aliphatic rings. The van der Waals surface area contributed by atoms with Crippen LogP contribution in [0, 0.1) is 0 Å². The number of nitrogens with zero attached hydrogens (tertiary/aromatic N) is 3. The zero-order valence-electron chi connectivity index (χ0n) is 11.0. The summed E-state index contributed by atoms with van der Waals surface area (Å²) >= 11 is 3.57. The first kappa shape index (κ1) is 13.3. The van der Waals surface area contributed by atoms with Crippen LogP contribution in [0.2, 0.25) is 0 Å². The SMILES string of the molecule is Brc1ccc(CNCCn2cccn2)c2ncccc12. The molecule has 1 aromatic carbocycles. The van der Waals surface area contributed by atoms with Crippen LogP contribution >= 0.6 is 15.9 Å². The quantitative estimate of drug-likeness (QED) is 0.731. The normalized spacial score (nSPS) is 11.1. The molecule has 0 aliphatic carbocycles. The van der Waals surface area contributed by atoms with Gasteiger partial charge in [0, 0.05) is 41.5 Å². The first-order chi connectivity index (χ1) is 9.84. The lowest BCUT2D eigenvalue weighted by molar-refractivity contribution is 0.555. The van der Waals surface area contributed by atoms with E-state index in [-0.39, 0.29) is 0 Å². The summed E-state index contributed by atoms with van der Waals surface area (Å²) in [7, 11) is 0. The van der Waals surface area contributed by atoms with E-state index in [2.05, 4.69) is 49.5 Å². The Morgan fingerprint density at radius 1 is 1.15 bits per heavy atom. The lowest BCUT2D eigenvalue weighted by Gasteiger charge is -2.09. The molecule has 20 heavy (non-hydrogen) atoms. The third-order valence-electron chi connectivity index (χ3n) is 3.19. The second-order valence-corrected chi connectivity index (χ2v) is 5.41. The van der Waals surface area contributed by atoms with Gasteiger partial charge in [-0.05, 0) is 23.8 Å². The molecule has 0 saturated carbocycles. The molecule has 3 aromatic rings. The number of benzene rings is 1. The van der Waals surface area contributed by atoms with E-state index in [1.54, 1.807) is 6.20 Å². The van der Waals surface area contributed by atoms with Crippen molar-refractivity contribution >= 4 is 26.8 Å². The number of hydrogen-bond donors (Lipinski definition) is 1. The van der Waals surface area contributed by atoms with E-state index in [0.29, 0.717) is 0 Å². The van der Waals surface area contributed by atoms with Crippen molar-refractivity contribution in [1.82, 2.24) is 20.1 Å². The minimum absolute atomic E-state index is 0.808. The van der Waals surface area contributed by atoms with Gasteiger partial charge in [-0.25, -0.2) is 0 Å². The highest BCUT2D eigenvalue weighted by Gasteiger charge is 2.04. The van der Waals surface area contributed by atoms with Gasteiger partial charge in [-0.3, -0.25) is 9.67 Å². The van der Waals surface area contributed by atoms with Crippen LogP contribution in [0.1, 0.15) is 5.56 Å². The number of hydrogen-bond acceptors (Lipinski definition) is 3. The van der Waals surface area contributed by atoms with Crippen molar-refractivity contribution in [3.8, 4) is 0 Å². The van der Waals surface area contributed by atoms with Crippen LogP contribution in [0.15, 0.2) is 53.4 Å². The molecular formula is C15H15BrN4. The summed E-state index contributed by atoms with van der Waals surface area (Å²) in [6.07, 6.45) is 5.60. The van der Waals surface area contributed by atoms with Crippen LogP contribution < -0.4 is 5.32 Å². The topological polar surface area (TPSA) is 42.7 Å². The van der Waals surface area contributed by atoms with Crippen molar-refractivity contribution in [3.63, 3.8) is 0 Å². The second-order valence-electron chi connectivity index (χ2n) is 4.55. The predicted molar refractivity (Wildman–Crippen MR) is 83.4 cm³/mol. The van der Waals surface area contributed by atoms with Crippen molar-refractivity contribution in [2.75, 3.05) is 6.54 Å². The van der Waals surface area contributed by atoms with Gasteiger partial charge >= 0.3 is 0 Å². The number of halogens is 1. The van der Waals surface area contributed by atoms with E-state index < -0.39 is 0 Å². The standard InChI is InChI=1S/C15H15BrN4/c16-14-5-4-12(15-13(14)3-1-6-18-15)11-17-8-10-20-9-2-7-19-20/h1-7,9,17H,8,10-11H2. The van der Waals surface area contributed by atoms with Gasteiger partial charge in [0.25, 0.3) is 0 Å². The molecule has 0 unspecified atom stereocenters. The summed E-state index contributed by atoms with van der Waals surface area (Å²) in [5, 5.41) is 8.77. The average Bonchev–Trinajstić information content (AvgIpc) is 2.99. The fourth-order valence-electron chi connectivity index (χ4n) is 2.19. The summed E-state index contributed by atoms with van der Waals surface area (Å²) in [6.45, 7) is 2.56. The summed E-state index contributed by atoms with van der Waals surface area (Å²) in [5.41, 5.74) is 2.26. The number of aromatic nitrogens is 3. The molecule has 0 saturated heterocycles. The Balaban J connectivity index is 1.67. The van der Waals surface area contributed by atoms with Gasteiger partial charge in [0.1, 0.15) is 0 Å². The molecule has 2 aromatic heterocycles. The zero-order chi connectivity index (χ0) is 13.8. The van der Waals surface area contributed by atoms with Crippen LogP contribution in [0.5, 0.6) is 0 Å². The first-order valence-corrected chi connectivity index (χ1v) is 7.34. The van der Waals surface area contributed by atoms with Gasteiger partial charge in [0.15, 0.2) is 0 Å². The monoisotopic (exact) mass is 330 g/mol. The average molecular weight is 331 g/mol. The molecule has 102 valence electrons. The molecule has 0 bridgehead atoms. The molecule has 0 amide bonds. The fraction of sp³-hybridized carbons (Fsp3) is 0.200. The predicted octanol–water partition coefficient (Wildman–Crippen LogP) is 2.98. The molecule has 3 rings (SSSR count). The Bertz CT molecular complexity index is 694. The van der Waals surface area contributed by atoms with E-state index in [0.717, 1.165) is 35.0 Å². The number of rotatable bonds is 5. The molecule has 2 heterocycles. The smallest absolute Gasteiger partial charge is 0.0758 e. The highest BCUT2D eigenvalue weighted by atomic mass is 79.9. The maximum Gasteiger partial charge on any atom is 0.0758 e. The van der Waals surface area contributed by atoms with Crippen LogP contribution in [0.4, 0.5) is 0 Å². The summed E-state index contributed by atoms with van der Waals surface area (Å²) < 4.78 is 3.01. The third-order valence-corrected chi connectivity index (χ3v) is 3.88. The Morgan fingerprint density at radius 2 is 2.10 bits per heavy atom. The number of nitrogens with one attached hydrogen (secondary N) is 1. The van der Waals surface area contributed by atoms with Crippen LogP contribution in [-0.4, -0.2) is 21.3 Å². The molecule has 0 fully saturated rings. The Kier molecular flexibility index (Phi) is 4.08. The number of fused-ring (bicyclic) bond motifs is 1. The molecule has 4 nitrogen and oxygen atoms in total. The molecule has 0 aliphatic heterocycles. The molecule has 0 atom stereocenters. The fourth-order valence-corrected chi connectivity index (χ4v) is 2.64. The molecule has 5 heteroatoms. The van der Waals surface area contributed by atoms with Gasteiger partial charge in [0.2, 0.25) is 0 Å².